The van der Waals surface area contributed by atoms with Gasteiger partial charge < -0.3 is 4.90 Å². The quantitative estimate of drug-likeness (QED) is 0.634. The molecule has 67 valence electrons. The van der Waals surface area contributed by atoms with Gasteiger partial charge >= 0.3 is 0 Å². The predicted molar refractivity (Wildman–Crippen MR) is 51.4 cm³/mol. The summed E-state index contributed by atoms with van der Waals surface area (Å²) in [6.07, 6.45) is 1.13. The van der Waals surface area contributed by atoms with Crippen LogP contribution in [0.2, 0.25) is 0 Å². The van der Waals surface area contributed by atoms with Gasteiger partial charge in [-0.2, -0.15) is 0 Å². The summed E-state index contributed by atoms with van der Waals surface area (Å²) in [5, 5.41) is 0. The Labute approximate surface area is 78.2 Å². The number of hydrogen-bond donors (Lipinski definition) is 0. The maximum absolute atomic E-state index is 11.7. The number of benzene rings is 1. The Hall–Kier alpha value is -1.31. The van der Waals surface area contributed by atoms with Gasteiger partial charge in [-0.05, 0) is 31.0 Å². The van der Waals surface area contributed by atoms with Gasteiger partial charge in [-0.15, -0.1) is 0 Å². The van der Waals surface area contributed by atoms with Crippen LogP contribution < -0.4 is 0 Å². The molecule has 0 atom stereocenters. The van der Waals surface area contributed by atoms with Crippen molar-refractivity contribution in [3.8, 4) is 0 Å². The third-order valence-corrected chi connectivity index (χ3v) is 2.32. The zero-order chi connectivity index (χ0) is 9.26. The molecule has 1 amide bonds. The van der Waals surface area contributed by atoms with Gasteiger partial charge in [0.1, 0.15) is 0 Å². The maximum atomic E-state index is 11.7. The highest BCUT2D eigenvalue weighted by molar-refractivity contribution is 5.94. The molecule has 1 heterocycles. The van der Waals surface area contributed by atoms with Crippen LogP contribution >= 0.6 is 0 Å². The van der Waals surface area contributed by atoms with Gasteiger partial charge in [0.15, 0.2) is 0 Å². The fourth-order valence-electron chi connectivity index (χ4n) is 1.41. The number of amides is 1. The van der Waals surface area contributed by atoms with E-state index in [2.05, 4.69) is 6.92 Å². The lowest BCUT2D eigenvalue weighted by Gasteiger charge is -2.30. The van der Waals surface area contributed by atoms with Gasteiger partial charge in [-0.25, -0.2) is 0 Å². The highest BCUT2D eigenvalue weighted by Crippen LogP contribution is 2.13. The first-order valence-electron chi connectivity index (χ1n) is 4.49. The van der Waals surface area contributed by atoms with Crippen molar-refractivity contribution in [3.05, 3.63) is 42.3 Å². The fourth-order valence-corrected chi connectivity index (χ4v) is 1.41. The highest BCUT2D eigenvalue weighted by atomic mass is 16.2. The summed E-state index contributed by atoms with van der Waals surface area (Å²) in [6, 6.07) is 7.44. The van der Waals surface area contributed by atoms with Crippen LogP contribution in [0, 0.1) is 6.92 Å². The van der Waals surface area contributed by atoms with Crippen LogP contribution in [0.1, 0.15) is 22.3 Å². The van der Waals surface area contributed by atoms with E-state index in [9.17, 15) is 4.79 Å². The predicted octanol–water partition coefficient (Wildman–Crippen LogP) is 1.71. The van der Waals surface area contributed by atoms with Gasteiger partial charge in [0.2, 0.25) is 0 Å². The molecular formula is C11H12NO. The molecule has 2 rings (SSSR count). The largest absolute Gasteiger partial charge is 0.339 e. The normalized spacial score (nSPS) is 15.3. The van der Waals surface area contributed by atoms with Gasteiger partial charge in [-0.1, -0.05) is 12.1 Å². The second-order valence-electron chi connectivity index (χ2n) is 3.35. The molecule has 1 aliphatic rings. The van der Waals surface area contributed by atoms with Crippen molar-refractivity contribution in [3.63, 3.8) is 0 Å². The molecule has 1 aromatic carbocycles. The fraction of sp³-hybridized carbons (Fsp3) is 0.273. The van der Waals surface area contributed by atoms with E-state index in [0.29, 0.717) is 0 Å². The van der Waals surface area contributed by atoms with Crippen LogP contribution in [0.5, 0.6) is 0 Å². The summed E-state index contributed by atoms with van der Waals surface area (Å²) in [6.45, 7) is 5.60. The van der Waals surface area contributed by atoms with Crippen molar-refractivity contribution in [2.75, 3.05) is 13.1 Å². The van der Waals surface area contributed by atoms with Crippen LogP contribution in [0.4, 0.5) is 0 Å². The topological polar surface area (TPSA) is 20.3 Å². The van der Waals surface area contributed by atoms with Crippen molar-refractivity contribution in [2.24, 2.45) is 0 Å². The monoisotopic (exact) mass is 174 g/mol. The van der Waals surface area contributed by atoms with Crippen molar-refractivity contribution in [1.82, 2.24) is 4.90 Å². The summed E-state index contributed by atoms with van der Waals surface area (Å²) < 4.78 is 0. The summed E-state index contributed by atoms with van der Waals surface area (Å²) in [5.41, 5.74) is 1.65. The van der Waals surface area contributed by atoms with Gasteiger partial charge in [0, 0.05) is 18.7 Å². The SMILES string of the molecule is [CH2]c1cccc(C(=O)N2CCC2)c1. The standard InChI is InChI=1S/C11H12NO/c1-9-4-2-5-10(8-9)11(13)12-6-3-7-12/h2,4-5,8H,1,3,6-7H2. The third-order valence-electron chi connectivity index (χ3n) is 2.32. The lowest BCUT2D eigenvalue weighted by molar-refractivity contribution is 0.0652. The van der Waals surface area contributed by atoms with Crippen LogP contribution in [-0.4, -0.2) is 23.9 Å². The van der Waals surface area contributed by atoms with E-state index in [-0.39, 0.29) is 5.91 Å². The summed E-state index contributed by atoms with van der Waals surface area (Å²) >= 11 is 0. The first kappa shape index (κ1) is 8.30. The Kier molecular flexibility index (Phi) is 2.05. The molecule has 1 aliphatic heterocycles. The molecule has 2 nitrogen and oxygen atoms in total. The van der Waals surface area contributed by atoms with Gasteiger partial charge in [-0.3, -0.25) is 4.79 Å². The molecule has 1 fully saturated rings. The minimum absolute atomic E-state index is 0.136. The number of hydrogen-bond acceptors (Lipinski definition) is 1. The summed E-state index contributed by atoms with van der Waals surface area (Å²) in [5.74, 6) is 0.136. The molecule has 1 aromatic rings. The second-order valence-corrected chi connectivity index (χ2v) is 3.35. The molecule has 0 saturated carbocycles. The first-order valence-corrected chi connectivity index (χ1v) is 4.49. The highest BCUT2D eigenvalue weighted by Gasteiger charge is 2.21. The number of nitrogens with zero attached hydrogens (tertiary/aromatic N) is 1. The maximum Gasteiger partial charge on any atom is 0.253 e. The van der Waals surface area contributed by atoms with E-state index >= 15 is 0 Å². The van der Waals surface area contributed by atoms with Crippen LogP contribution in [0.3, 0.4) is 0 Å². The third kappa shape index (κ3) is 1.57. The number of carbonyl (C=O) groups excluding carboxylic acids is 1. The molecule has 0 N–H and O–H groups in total. The lowest BCUT2D eigenvalue weighted by atomic mass is 10.1. The van der Waals surface area contributed by atoms with Crippen molar-refractivity contribution >= 4 is 5.91 Å². The zero-order valence-electron chi connectivity index (χ0n) is 7.49. The molecule has 0 aromatic heterocycles. The minimum atomic E-state index is 0.136. The molecule has 0 spiro atoms. The molecule has 1 radical (unpaired) electrons. The Bertz CT molecular complexity index is 329. The van der Waals surface area contributed by atoms with E-state index in [1.54, 1.807) is 0 Å². The van der Waals surface area contributed by atoms with Gasteiger partial charge in [0.05, 0.1) is 0 Å². The lowest BCUT2D eigenvalue weighted by Crippen LogP contribution is -2.42. The van der Waals surface area contributed by atoms with Crippen LogP contribution in [-0.2, 0) is 0 Å². The van der Waals surface area contributed by atoms with Crippen molar-refractivity contribution in [2.45, 2.75) is 6.42 Å². The summed E-state index contributed by atoms with van der Waals surface area (Å²) in [4.78, 5) is 13.5. The number of carbonyl (C=O) groups is 1. The molecular weight excluding hydrogens is 162 g/mol. The molecule has 1 saturated heterocycles. The first-order chi connectivity index (χ1) is 6.27. The molecule has 0 bridgehead atoms. The number of likely N-dealkylation sites (tertiary alicyclic amines) is 1. The molecule has 0 aliphatic carbocycles. The Morgan fingerprint density at radius 1 is 1.38 bits per heavy atom. The Morgan fingerprint density at radius 3 is 2.69 bits per heavy atom. The van der Waals surface area contributed by atoms with Gasteiger partial charge in [0.25, 0.3) is 5.91 Å². The average molecular weight is 174 g/mol. The van der Waals surface area contributed by atoms with E-state index < -0.39 is 0 Å². The van der Waals surface area contributed by atoms with Crippen LogP contribution in [0.15, 0.2) is 24.3 Å². The van der Waals surface area contributed by atoms with E-state index in [0.717, 1.165) is 30.6 Å². The van der Waals surface area contributed by atoms with Crippen molar-refractivity contribution < 1.29 is 4.79 Å². The van der Waals surface area contributed by atoms with Crippen molar-refractivity contribution in [1.29, 1.82) is 0 Å². The molecule has 0 unspecified atom stereocenters. The Morgan fingerprint density at radius 2 is 2.15 bits per heavy atom. The number of rotatable bonds is 1. The van der Waals surface area contributed by atoms with E-state index in [4.69, 9.17) is 0 Å². The smallest absolute Gasteiger partial charge is 0.253 e. The second kappa shape index (κ2) is 3.21. The molecule has 2 heteroatoms. The zero-order valence-corrected chi connectivity index (χ0v) is 7.49. The van der Waals surface area contributed by atoms with Crippen LogP contribution in [0.25, 0.3) is 0 Å². The Balaban J connectivity index is 2.19. The average Bonchev–Trinajstić information content (AvgIpc) is 2.01. The minimum Gasteiger partial charge on any atom is -0.339 e. The van der Waals surface area contributed by atoms with E-state index in [1.807, 2.05) is 29.2 Å². The van der Waals surface area contributed by atoms with E-state index in [1.165, 1.54) is 0 Å². The molecule has 13 heavy (non-hydrogen) atoms. The summed E-state index contributed by atoms with van der Waals surface area (Å²) in [7, 11) is 0.